The zero-order chi connectivity index (χ0) is 32.7. The number of nitrogens with one attached hydrogen (secondary N) is 2. The third-order valence-electron chi connectivity index (χ3n) is 8.90. The number of aryl methyl sites for hydroxylation is 1. The van der Waals surface area contributed by atoms with E-state index in [9.17, 15) is 9.59 Å². The predicted molar refractivity (Wildman–Crippen MR) is 178 cm³/mol. The van der Waals surface area contributed by atoms with E-state index in [2.05, 4.69) is 33.3 Å². The van der Waals surface area contributed by atoms with Gasteiger partial charge < -0.3 is 25.0 Å². The Morgan fingerprint density at radius 2 is 1.74 bits per heavy atom. The lowest BCUT2D eigenvalue weighted by molar-refractivity contribution is -0.117. The third kappa shape index (κ3) is 5.77. The van der Waals surface area contributed by atoms with Crippen molar-refractivity contribution < 1.29 is 19.1 Å². The molecule has 2 N–H and O–H groups in total. The van der Waals surface area contributed by atoms with Gasteiger partial charge in [-0.15, -0.1) is 0 Å². The first-order chi connectivity index (χ1) is 22.1. The first kappa shape index (κ1) is 31.7. The largest absolute Gasteiger partial charge is 0.495 e. The molecule has 3 aliphatic rings. The molecule has 2 unspecified atom stereocenters. The van der Waals surface area contributed by atoms with Gasteiger partial charge in [-0.25, -0.2) is 9.78 Å². The van der Waals surface area contributed by atoms with Gasteiger partial charge in [-0.1, -0.05) is 42.6 Å². The van der Waals surface area contributed by atoms with Crippen LogP contribution in [0.25, 0.3) is 0 Å². The molecule has 1 aliphatic carbocycles. The number of amides is 3. The van der Waals surface area contributed by atoms with E-state index in [-0.39, 0.29) is 40.3 Å². The molecule has 15 heteroatoms. The Labute approximate surface area is 277 Å². The number of urea groups is 1. The number of carbonyl (C=O) groups is 2. The van der Waals surface area contributed by atoms with Crippen molar-refractivity contribution in [1.82, 2.24) is 25.1 Å². The summed E-state index contributed by atoms with van der Waals surface area (Å²) in [5.74, 6) is 2.57. The fourth-order valence-corrected chi connectivity index (χ4v) is 7.31. The minimum absolute atomic E-state index is 0.118. The Morgan fingerprint density at radius 1 is 1.07 bits per heavy atom. The van der Waals surface area contributed by atoms with Crippen LogP contribution in [-0.4, -0.2) is 78.1 Å². The van der Waals surface area contributed by atoms with Crippen LogP contribution in [0.1, 0.15) is 42.7 Å². The fourth-order valence-electron chi connectivity index (χ4n) is 6.61. The first-order valence-corrected chi connectivity index (χ1v) is 15.9. The van der Waals surface area contributed by atoms with E-state index in [1.165, 1.54) is 48.5 Å². The molecule has 13 nitrogen and oxygen atoms in total. The molecule has 6 rings (SSSR count). The van der Waals surface area contributed by atoms with Gasteiger partial charge in [0.15, 0.2) is 5.82 Å². The lowest BCUT2D eigenvalue weighted by atomic mass is 10.00. The molecular formula is C31H37Cl2N9O4. The number of methoxy groups -OCH3 is 2. The Kier molecular flexibility index (Phi) is 8.88. The van der Waals surface area contributed by atoms with Gasteiger partial charge in [-0.05, 0) is 24.8 Å². The quantitative estimate of drug-likeness (QED) is 0.310. The molecule has 46 heavy (non-hydrogen) atoms. The average molecular weight is 671 g/mol. The van der Waals surface area contributed by atoms with Crippen LogP contribution in [0.15, 0.2) is 31.1 Å². The van der Waals surface area contributed by atoms with Gasteiger partial charge in [0.1, 0.15) is 27.4 Å². The summed E-state index contributed by atoms with van der Waals surface area (Å²) in [7, 11) is 6.51. The van der Waals surface area contributed by atoms with Crippen molar-refractivity contribution in [1.29, 1.82) is 0 Å². The normalized spacial score (nSPS) is 19.8. The van der Waals surface area contributed by atoms with Crippen LogP contribution in [0.4, 0.5) is 28.1 Å². The van der Waals surface area contributed by atoms with Gasteiger partial charge in [-0.2, -0.15) is 10.1 Å². The highest BCUT2D eigenvalue weighted by atomic mass is 35.5. The summed E-state index contributed by atoms with van der Waals surface area (Å²) < 4.78 is 12.7. The van der Waals surface area contributed by atoms with Crippen LogP contribution in [0, 0.1) is 0 Å². The van der Waals surface area contributed by atoms with Crippen molar-refractivity contribution in [3.8, 4) is 11.5 Å². The van der Waals surface area contributed by atoms with Crippen LogP contribution in [-0.2, 0) is 18.4 Å². The number of ether oxygens (including phenoxy) is 2. The highest BCUT2D eigenvalue weighted by molar-refractivity contribution is 6.42. The molecule has 2 aliphatic heterocycles. The van der Waals surface area contributed by atoms with Crippen molar-refractivity contribution in [2.75, 3.05) is 54.4 Å². The number of aromatic nitrogens is 4. The SMILES string of the molecule is C=CC(=O)NC1CN(c2nn(C)cc2C2CCCC2)CC1Nc1ncc2c(n1)N(C)C(=O)N(c1c(Cl)c(OC)cc(OC)c1Cl)C2. The molecule has 2 atom stereocenters. The number of carbonyl (C=O) groups excluding carboxylic acids is 2. The second-order valence-electron chi connectivity index (χ2n) is 11.8. The second kappa shape index (κ2) is 12.9. The highest BCUT2D eigenvalue weighted by Gasteiger charge is 2.39. The van der Waals surface area contributed by atoms with Gasteiger partial charge in [-0.3, -0.25) is 19.3 Å². The number of halogens is 2. The van der Waals surface area contributed by atoms with Gasteiger partial charge in [0.2, 0.25) is 11.9 Å². The van der Waals surface area contributed by atoms with Gasteiger partial charge >= 0.3 is 6.03 Å². The van der Waals surface area contributed by atoms with E-state index < -0.39 is 6.03 Å². The highest BCUT2D eigenvalue weighted by Crippen LogP contribution is 2.48. The number of fused-ring (bicyclic) bond motifs is 1. The van der Waals surface area contributed by atoms with E-state index in [1.807, 2.05) is 11.7 Å². The molecule has 1 aromatic carbocycles. The molecule has 3 amide bonds. The topological polar surface area (TPSA) is 130 Å². The third-order valence-corrected chi connectivity index (χ3v) is 9.64. The van der Waals surface area contributed by atoms with Crippen LogP contribution in [0.3, 0.4) is 0 Å². The summed E-state index contributed by atoms with van der Waals surface area (Å²) in [6, 6.07) is 0.655. The molecule has 0 bridgehead atoms. The number of rotatable bonds is 9. The van der Waals surface area contributed by atoms with Crippen LogP contribution >= 0.6 is 23.2 Å². The Hall–Kier alpha value is -4.23. The minimum Gasteiger partial charge on any atom is -0.495 e. The summed E-state index contributed by atoms with van der Waals surface area (Å²) in [6.45, 7) is 4.86. The van der Waals surface area contributed by atoms with Gasteiger partial charge in [0.25, 0.3) is 0 Å². The lowest BCUT2D eigenvalue weighted by Gasteiger charge is -2.35. The van der Waals surface area contributed by atoms with E-state index >= 15 is 0 Å². The molecule has 244 valence electrons. The summed E-state index contributed by atoms with van der Waals surface area (Å²) in [4.78, 5) is 40.5. The maximum absolute atomic E-state index is 13.7. The van der Waals surface area contributed by atoms with Crippen molar-refractivity contribution in [3.63, 3.8) is 0 Å². The summed E-state index contributed by atoms with van der Waals surface area (Å²) in [5, 5.41) is 11.7. The maximum atomic E-state index is 13.7. The minimum atomic E-state index is -0.394. The predicted octanol–water partition coefficient (Wildman–Crippen LogP) is 4.74. The summed E-state index contributed by atoms with van der Waals surface area (Å²) in [6.07, 6.45) is 9.80. The molecule has 1 saturated heterocycles. The van der Waals surface area contributed by atoms with Gasteiger partial charge in [0, 0.05) is 56.8 Å². The fraction of sp³-hybridized carbons (Fsp3) is 0.452. The number of nitrogens with zero attached hydrogens (tertiary/aromatic N) is 7. The molecule has 3 aromatic rings. The Morgan fingerprint density at radius 3 is 2.39 bits per heavy atom. The molecule has 0 radical (unpaired) electrons. The Balaban J connectivity index is 1.27. The van der Waals surface area contributed by atoms with Crippen molar-refractivity contribution in [3.05, 3.63) is 52.3 Å². The summed E-state index contributed by atoms with van der Waals surface area (Å²) in [5.41, 5.74) is 2.20. The molecule has 0 spiro atoms. The molecular weight excluding hydrogens is 633 g/mol. The van der Waals surface area contributed by atoms with Crippen LogP contribution < -0.4 is 34.8 Å². The number of hydrogen-bond donors (Lipinski definition) is 2. The molecule has 1 saturated carbocycles. The average Bonchev–Trinajstić information content (AvgIpc) is 3.80. The standard InChI is InChI=1S/C31H37Cl2N9O4/c1-6-24(43)35-20-15-41(29-19(14-39(2)38-29)17-9-7-8-10-17)16-21(20)36-30-34-12-18-13-42(31(44)40(3)28(18)37-30)27-25(32)22(45-4)11-23(46-5)26(27)33/h6,11-12,14,17,20-21H,1,7-10,13,15-16H2,2-5H3,(H,35,43)(H,34,36,37). The molecule has 4 heterocycles. The number of benzene rings is 1. The summed E-state index contributed by atoms with van der Waals surface area (Å²) >= 11 is 13.3. The Bertz CT molecular complexity index is 1650. The zero-order valence-corrected chi connectivity index (χ0v) is 27.7. The number of hydrogen-bond acceptors (Lipinski definition) is 9. The smallest absolute Gasteiger partial charge is 0.330 e. The van der Waals surface area contributed by atoms with E-state index in [4.69, 9.17) is 42.8 Å². The van der Waals surface area contributed by atoms with E-state index in [1.54, 1.807) is 19.3 Å². The van der Waals surface area contributed by atoms with Crippen molar-refractivity contribution in [2.45, 2.75) is 50.2 Å². The lowest BCUT2D eigenvalue weighted by Crippen LogP contribution is -2.47. The van der Waals surface area contributed by atoms with Crippen molar-refractivity contribution >= 4 is 58.4 Å². The van der Waals surface area contributed by atoms with E-state index in [0.29, 0.717) is 47.8 Å². The van der Waals surface area contributed by atoms with E-state index in [0.717, 1.165) is 18.7 Å². The first-order valence-electron chi connectivity index (χ1n) is 15.1. The number of anilines is 4. The van der Waals surface area contributed by atoms with Gasteiger partial charge in [0.05, 0.1) is 38.5 Å². The van der Waals surface area contributed by atoms with Crippen molar-refractivity contribution in [2.24, 2.45) is 7.05 Å². The van der Waals surface area contributed by atoms with Crippen LogP contribution in [0.5, 0.6) is 11.5 Å². The van der Waals surface area contributed by atoms with Crippen LogP contribution in [0.2, 0.25) is 10.0 Å². The maximum Gasteiger partial charge on any atom is 0.330 e. The monoisotopic (exact) mass is 669 g/mol. The molecule has 2 fully saturated rings. The molecule has 2 aromatic heterocycles. The second-order valence-corrected chi connectivity index (χ2v) is 12.5. The zero-order valence-electron chi connectivity index (χ0n) is 26.2.